The van der Waals surface area contributed by atoms with Gasteiger partial charge in [0, 0.05) is 12.3 Å². The van der Waals surface area contributed by atoms with Crippen LogP contribution in [0.5, 0.6) is 0 Å². The number of rotatable bonds is 6. The van der Waals surface area contributed by atoms with Crippen LogP contribution in [0.2, 0.25) is 0 Å². The molecule has 28 heavy (non-hydrogen) atoms. The molecule has 0 saturated carbocycles. The number of hydrogen-bond donors (Lipinski definition) is 1. The number of amides is 1. The standard InChI is InChI=1S/C17H16F6N2O3/c1-9(3-4-24)14(15(27)28-2)25-13(26)7-10-5-11(16(18,19)20)8-12(6-10)17(21,22)23/h5-6,8-9,14H,3,7H2,1-2H3,(H,25,26)/t9-,14+/m1/s1. The van der Waals surface area contributed by atoms with E-state index >= 15 is 0 Å². The number of nitrogens with zero attached hydrogens (tertiary/aromatic N) is 1. The molecule has 5 nitrogen and oxygen atoms in total. The molecule has 0 aromatic heterocycles. The Morgan fingerprint density at radius 1 is 1.11 bits per heavy atom. The minimum absolute atomic E-state index is 0.0480. The van der Waals surface area contributed by atoms with E-state index in [0.29, 0.717) is 12.1 Å². The average Bonchev–Trinajstić information content (AvgIpc) is 2.57. The van der Waals surface area contributed by atoms with Gasteiger partial charge in [0.15, 0.2) is 0 Å². The maximum absolute atomic E-state index is 12.9. The molecule has 11 heteroatoms. The molecule has 1 amide bonds. The summed E-state index contributed by atoms with van der Waals surface area (Å²) in [7, 11) is 1.03. The molecule has 0 bridgehead atoms. The fourth-order valence-corrected chi connectivity index (χ4v) is 2.35. The summed E-state index contributed by atoms with van der Waals surface area (Å²) in [4.78, 5) is 23.9. The van der Waals surface area contributed by atoms with Crippen molar-refractivity contribution >= 4 is 11.9 Å². The highest BCUT2D eigenvalue weighted by Gasteiger charge is 2.37. The van der Waals surface area contributed by atoms with Crippen molar-refractivity contribution in [3.8, 4) is 6.07 Å². The Morgan fingerprint density at radius 2 is 1.61 bits per heavy atom. The zero-order valence-corrected chi connectivity index (χ0v) is 14.7. The smallest absolute Gasteiger partial charge is 0.416 e. The normalized spacial score (nSPS) is 14.0. The van der Waals surface area contributed by atoms with Crippen LogP contribution in [0.3, 0.4) is 0 Å². The van der Waals surface area contributed by atoms with Crippen LogP contribution in [0.15, 0.2) is 18.2 Å². The number of ether oxygens (including phenoxy) is 1. The quantitative estimate of drug-likeness (QED) is 0.575. The number of alkyl halides is 6. The first-order valence-corrected chi connectivity index (χ1v) is 7.82. The summed E-state index contributed by atoms with van der Waals surface area (Å²) in [6.45, 7) is 1.46. The number of esters is 1. The summed E-state index contributed by atoms with van der Waals surface area (Å²) in [6, 6.07) is 1.33. The topological polar surface area (TPSA) is 79.2 Å². The minimum atomic E-state index is -5.04. The molecule has 154 valence electrons. The third kappa shape index (κ3) is 6.44. The largest absolute Gasteiger partial charge is 0.467 e. The monoisotopic (exact) mass is 410 g/mol. The highest BCUT2D eigenvalue weighted by molar-refractivity contribution is 5.85. The van der Waals surface area contributed by atoms with Crippen LogP contribution in [0.25, 0.3) is 0 Å². The summed E-state index contributed by atoms with van der Waals surface area (Å²) in [5, 5.41) is 10.9. The molecule has 1 N–H and O–H groups in total. The van der Waals surface area contributed by atoms with Crippen molar-refractivity contribution in [2.75, 3.05) is 7.11 Å². The maximum Gasteiger partial charge on any atom is 0.416 e. The van der Waals surface area contributed by atoms with Gasteiger partial charge >= 0.3 is 18.3 Å². The second-order valence-corrected chi connectivity index (χ2v) is 6.00. The lowest BCUT2D eigenvalue weighted by molar-refractivity contribution is -0.146. The minimum Gasteiger partial charge on any atom is -0.467 e. The lowest BCUT2D eigenvalue weighted by Gasteiger charge is -2.21. The molecule has 0 radical (unpaired) electrons. The summed E-state index contributed by atoms with van der Waals surface area (Å²) in [5.41, 5.74) is -3.63. The Labute approximate surface area is 156 Å². The van der Waals surface area contributed by atoms with Crippen molar-refractivity contribution in [2.45, 2.75) is 38.2 Å². The number of carbonyl (C=O) groups is 2. The van der Waals surface area contributed by atoms with E-state index in [0.717, 1.165) is 7.11 Å². The van der Waals surface area contributed by atoms with Gasteiger partial charge in [-0.25, -0.2) is 4.79 Å². The first-order valence-electron chi connectivity index (χ1n) is 7.82. The molecule has 1 aromatic carbocycles. The van der Waals surface area contributed by atoms with Gasteiger partial charge < -0.3 is 10.1 Å². The van der Waals surface area contributed by atoms with Crippen LogP contribution in [0.1, 0.15) is 30.0 Å². The number of halogens is 6. The Kier molecular flexibility index (Phi) is 7.43. The van der Waals surface area contributed by atoms with Gasteiger partial charge in [0.1, 0.15) is 6.04 Å². The van der Waals surface area contributed by atoms with Gasteiger partial charge in [-0.1, -0.05) is 6.92 Å². The van der Waals surface area contributed by atoms with E-state index in [1.54, 1.807) is 6.07 Å². The molecule has 0 aliphatic carbocycles. The zero-order valence-electron chi connectivity index (χ0n) is 14.7. The summed E-state index contributed by atoms with van der Waals surface area (Å²) in [6.07, 6.45) is -11.0. The summed E-state index contributed by atoms with van der Waals surface area (Å²) < 4.78 is 81.7. The first-order chi connectivity index (χ1) is 12.8. The number of benzene rings is 1. The predicted octanol–water partition coefficient (Wildman–Crippen LogP) is 3.47. The van der Waals surface area contributed by atoms with Crippen molar-refractivity contribution in [3.05, 3.63) is 34.9 Å². The van der Waals surface area contributed by atoms with Gasteiger partial charge in [-0.05, 0) is 23.8 Å². The second-order valence-electron chi connectivity index (χ2n) is 6.00. The van der Waals surface area contributed by atoms with Crippen LogP contribution in [-0.2, 0) is 33.1 Å². The van der Waals surface area contributed by atoms with E-state index in [2.05, 4.69) is 10.1 Å². The molecule has 0 spiro atoms. The van der Waals surface area contributed by atoms with E-state index in [1.807, 2.05) is 0 Å². The average molecular weight is 410 g/mol. The molecule has 0 saturated heterocycles. The molecule has 1 aromatic rings. The molecule has 1 rings (SSSR count). The third-order valence-electron chi connectivity index (χ3n) is 3.77. The van der Waals surface area contributed by atoms with Crippen LogP contribution >= 0.6 is 0 Å². The van der Waals surface area contributed by atoms with Gasteiger partial charge in [-0.3, -0.25) is 4.79 Å². The first kappa shape index (κ1) is 23.3. The van der Waals surface area contributed by atoms with E-state index in [1.165, 1.54) is 6.92 Å². The number of nitrogens with one attached hydrogen (secondary N) is 1. The molecular formula is C17H16F6N2O3. The summed E-state index contributed by atoms with van der Waals surface area (Å²) >= 11 is 0. The Balaban J connectivity index is 3.13. The Bertz CT molecular complexity index is 735. The molecule has 0 fully saturated rings. The highest BCUT2D eigenvalue weighted by Crippen LogP contribution is 2.36. The molecular weight excluding hydrogens is 394 g/mol. The predicted molar refractivity (Wildman–Crippen MR) is 83.5 cm³/mol. The van der Waals surface area contributed by atoms with Crippen molar-refractivity contribution < 1.29 is 40.7 Å². The maximum atomic E-state index is 12.9. The van der Waals surface area contributed by atoms with Crippen LogP contribution in [-0.4, -0.2) is 25.0 Å². The van der Waals surface area contributed by atoms with Gasteiger partial charge in [-0.15, -0.1) is 0 Å². The van der Waals surface area contributed by atoms with E-state index in [9.17, 15) is 35.9 Å². The number of carbonyl (C=O) groups excluding carboxylic acids is 2. The highest BCUT2D eigenvalue weighted by atomic mass is 19.4. The SMILES string of the molecule is COC(=O)[C@@H](NC(=O)Cc1cc(C(F)(F)F)cc(C(F)(F)F)c1)[C@H](C)CC#N. The number of methoxy groups -OCH3 is 1. The van der Waals surface area contributed by atoms with E-state index in [-0.39, 0.29) is 12.5 Å². The third-order valence-corrected chi connectivity index (χ3v) is 3.77. The Hall–Kier alpha value is -2.77. The fraction of sp³-hybridized carbons (Fsp3) is 0.471. The van der Waals surface area contributed by atoms with Crippen molar-refractivity contribution in [1.29, 1.82) is 5.26 Å². The molecule has 0 unspecified atom stereocenters. The van der Waals surface area contributed by atoms with Gasteiger partial charge in [0.25, 0.3) is 0 Å². The molecule has 0 heterocycles. The molecule has 0 aliphatic rings. The van der Waals surface area contributed by atoms with Crippen molar-refractivity contribution in [1.82, 2.24) is 5.32 Å². The second kappa shape index (κ2) is 8.95. The van der Waals surface area contributed by atoms with Crippen molar-refractivity contribution in [2.24, 2.45) is 5.92 Å². The van der Waals surface area contributed by atoms with Crippen LogP contribution < -0.4 is 5.32 Å². The Morgan fingerprint density at radius 3 is 2.00 bits per heavy atom. The lowest BCUT2D eigenvalue weighted by atomic mass is 9.98. The van der Waals surface area contributed by atoms with Crippen LogP contribution in [0.4, 0.5) is 26.3 Å². The number of nitriles is 1. The molecule has 0 aliphatic heterocycles. The summed E-state index contributed by atoms with van der Waals surface area (Å²) in [5.74, 6) is -2.57. The fourth-order valence-electron chi connectivity index (χ4n) is 2.35. The zero-order chi connectivity index (χ0) is 21.7. The lowest BCUT2D eigenvalue weighted by Crippen LogP contribution is -2.46. The van der Waals surface area contributed by atoms with Crippen LogP contribution in [0, 0.1) is 17.2 Å². The molecule has 2 atom stereocenters. The van der Waals surface area contributed by atoms with Gasteiger partial charge in [0.05, 0.1) is 30.7 Å². The van der Waals surface area contributed by atoms with E-state index < -0.39 is 59.3 Å². The van der Waals surface area contributed by atoms with Gasteiger partial charge in [0.2, 0.25) is 5.91 Å². The number of hydrogen-bond acceptors (Lipinski definition) is 4. The van der Waals surface area contributed by atoms with Crippen molar-refractivity contribution in [3.63, 3.8) is 0 Å². The van der Waals surface area contributed by atoms with E-state index in [4.69, 9.17) is 5.26 Å². The van der Waals surface area contributed by atoms with Gasteiger partial charge in [-0.2, -0.15) is 31.6 Å².